The van der Waals surface area contributed by atoms with Crippen LogP contribution in [0.15, 0.2) is 12.1 Å². The Morgan fingerprint density at radius 2 is 2.27 bits per heavy atom. The summed E-state index contributed by atoms with van der Waals surface area (Å²) in [5.41, 5.74) is 6.09. The summed E-state index contributed by atoms with van der Waals surface area (Å²) in [5.74, 6) is -0.283. The molecule has 4 nitrogen and oxygen atoms in total. The van der Waals surface area contributed by atoms with Crippen molar-refractivity contribution >= 4 is 5.84 Å². The smallest absolute Gasteiger partial charge is 0.272 e. The zero-order valence-corrected chi connectivity index (χ0v) is 8.13. The molecule has 0 saturated heterocycles. The van der Waals surface area contributed by atoms with Gasteiger partial charge < -0.3 is 10.5 Å². The third kappa shape index (κ3) is 3.16. The minimum atomic E-state index is -2.58. The Balaban J connectivity index is 2.92. The van der Waals surface area contributed by atoms with E-state index in [1.54, 1.807) is 13.0 Å². The average Bonchev–Trinajstić information content (AvgIpc) is 2.14. The monoisotopic (exact) mass is 215 g/mol. The number of alkyl halides is 2. The van der Waals surface area contributed by atoms with Crippen molar-refractivity contribution in [1.82, 2.24) is 4.98 Å². The van der Waals surface area contributed by atoms with Gasteiger partial charge in [-0.15, -0.1) is 0 Å². The van der Waals surface area contributed by atoms with E-state index in [1.165, 1.54) is 6.07 Å². The van der Waals surface area contributed by atoms with E-state index in [0.29, 0.717) is 5.69 Å². The van der Waals surface area contributed by atoms with Gasteiger partial charge in [-0.3, -0.25) is 5.41 Å². The minimum Gasteiger partial charge on any atom is -0.471 e. The van der Waals surface area contributed by atoms with Gasteiger partial charge in [0.2, 0.25) is 5.88 Å². The summed E-state index contributed by atoms with van der Waals surface area (Å²) < 4.78 is 28.6. The largest absolute Gasteiger partial charge is 0.471 e. The molecule has 0 radical (unpaired) electrons. The minimum absolute atomic E-state index is 0.0252. The number of nitrogens with zero attached hydrogens (tertiary/aromatic N) is 1. The number of aromatic nitrogens is 1. The van der Waals surface area contributed by atoms with Gasteiger partial charge in [0, 0.05) is 5.69 Å². The van der Waals surface area contributed by atoms with E-state index in [0.717, 1.165) is 0 Å². The molecule has 0 amide bonds. The number of amidine groups is 1. The molecule has 0 bridgehead atoms. The molecule has 0 fully saturated rings. The molecule has 3 N–H and O–H groups in total. The van der Waals surface area contributed by atoms with Gasteiger partial charge in [-0.25, -0.2) is 13.8 Å². The van der Waals surface area contributed by atoms with Crippen molar-refractivity contribution in [1.29, 1.82) is 5.41 Å². The number of halogens is 2. The summed E-state index contributed by atoms with van der Waals surface area (Å²) in [6.07, 6.45) is -2.58. The van der Waals surface area contributed by atoms with Crippen molar-refractivity contribution < 1.29 is 13.5 Å². The quantitative estimate of drug-likeness (QED) is 0.587. The van der Waals surface area contributed by atoms with Crippen LogP contribution in [0.5, 0.6) is 5.88 Å². The predicted molar refractivity (Wildman–Crippen MR) is 51.5 cm³/mol. The van der Waals surface area contributed by atoms with E-state index in [1.807, 2.05) is 0 Å². The number of pyridine rings is 1. The summed E-state index contributed by atoms with van der Waals surface area (Å²) in [6, 6.07) is 3.15. The van der Waals surface area contributed by atoms with Crippen LogP contribution in [0.1, 0.15) is 11.3 Å². The van der Waals surface area contributed by atoms with Crippen LogP contribution in [0.4, 0.5) is 8.78 Å². The molecule has 0 saturated carbocycles. The third-order valence-corrected chi connectivity index (χ3v) is 1.64. The van der Waals surface area contributed by atoms with E-state index >= 15 is 0 Å². The second-order valence-corrected chi connectivity index (χ2v) is 2.92. The van der Waals surface area contributed by atoms with Crippen molar-refractivity contribution in [3.63, 3.8) is 0 Å². The van der Waals surface area contributed by atoms with E-state index in [4.69, 9.17) is 15.9 Å². The Bertz CT molecular complexity index is 368. The molecule has 1 rings (SSSR count). The van der Waals surface area contributed by atoms with Crippen LogP contribution >= 0.6 is 0 Å². The highest BCUT2D eigenvalue weighted by molar-refractivity contribution is 5.97. The SMILES string of the molecule is Cc1ccc(C(=N)N)c(OCC(F)F)n1. The molecule has 1 aromatic rings. The summed E-state index contributed by atoms with van der Waals surface area (Å²) in [5, 5.41) is 7.20. The summed E-state index contributed by atoms with van der Waals surface area (Å²) >= 11 is 0. The van der Waals surface area contributed by atoms with Crippen LogP contribution in [0.3, 0.4) is 0 Å². The van der Waals surface area contributed by atoms with Crippen molar-refractivity contribution in [2.75, 3.05) is 6.61 Å². The molecule has 15 heavy (non-hydrogen) atoms. The second kappa shape index (κ2) is 4.68. The standard InChI is InChI=1S/C9H11F2N3O/c1-5-2-3-6(8(12)13)9(14-5)15-4-7(10)11/h2-3,7H,4H2,1H3,(H3,12,13). The fourth-order valence-corrected chi connectivity index (χ4v) is 0.990. The van der Waals surface area contributed by atoms with Crippen LogP contribution in [-0.2, 0) is 0 Å². The average molecular weight is 215 g/mol. The Kier molecular flexibility index (Phi) is 3.54. The van der Waals surface area contributed by atoms with Gasteiger partial charge in [-0.2, -0.15) is 0 Å². The number of nitrogens with one attached hydrogen (secondary N) is 1. The van der Waals surface area contributed by atoms with Crippen LogP contribution in [0.2, 0.25) is 0 Å². The maximum atomic E-state index is 11.9. The van der Waals surface area contributed by atoms with Crippen molar-refractivity contribution in [2.45, 2.75) is 13.3 Å². The van der Waals surface area contributed by atoms with E-state index in [2.05, 4.69) is 4.98 Å². The van der Waals surface area contributed by atoms with Gasteiger partial charge in [-0.1, -0.05) is 0 Å². The normalized spacial score (nSPS) is 10.4. The van der Waals surface area contributed by atoms with Gasteiger partial charge in [0.25, 0.3) is 6.43 Å². The Morgan fingerprint density at radius 1 is 1.60 bits per heavy atom. The molecule has 0 spiro atoms. The van der Waals surface area contributed by atoms with Gasteiger partial charge in [0.05, 0.1) is 5.56 Å². The first-order chi connectivity index (χ1) is 7.00. The van der Waals surface area contributed by atoms with Crippen molar-refractivity contribution in [2.24, 2.45) is 5.73 Å². The zero-order chi connectivity index (χ0) is 11.4. The number of aryl methyl sites for hydroxylation is 1. The number of hydrogen-bond acceptors (Lipinski definition) is 3. The van der Waals surface area contributed by atoms with E-state index < -0.39 is 13.0 Å². The van der Waals surface area contributed by atoms with E-state index in [-0.39, 0.29) is 17.3 Å². The highest BCUT2D eigenvalue weighted by Gasteiger charge is 2.11. The number of nitrogen functional groups attached to an aromatic ring is 1. The summed E-state index contributed by atoms with van der Waals surface area (Å²) in [6.45, 7) is 0.940. The maximum Gasteiger partial charge on any atom is 0.272 e. The van der Waals surface area contributed by atoms with Gasteiger partial charge in [0.15, 0.2) is 6.61 Å². The lowest BCUT2D eigenvalue weighted by molar-refractivity contribution is 0.0794. The molecule has 0 unspecified atom stereocenters. The first-order valence-corrected chi connectivity index (χ1v) is 4.23. The van der Waals surface area contributed by atoms with Crippen LogP contribution in [0.25, 0.3) is 0 Å². The van der Waals surface area contributed by atoms with Crippen LogP contribution in [0, 0.1) is 12.3 Å². The first-order valence-electron chi connectivity index (χ1n) is 4.23. The molecular weight excluding hydrogens is 204 g/mol. The lowest BCUT2D eigenvalue weighted by Gasteiger charge is -2.09. The zero-order valence-electron chi connectivity index (χ0n) is 8.13. The number of nitrogens with two attached hydrogens (primary N) is 1. The molecule has 0 atom stereocenters. The summed E-state index contributed by atoms with van der Waals surface area (Å²) in [4.78, 5) is 3.89. The Morgan fingerprint density at radius 3 is 2.80 bits per heavy atom. The predicted octanol–water partition coefficient (Wildman–Crippen LogP) is 1.32. The molecule has 82 valence electrons. The van der Waals surface area contributed by atoms with Gasteiger partial charge >= 0.3 is 0 Å². The van der Waals surface area contributed by atoms with Crippen molar-refractivity contribution in [3.8, 4) is 5.88 Å². The molecule has 6 heteroatoms. The highest BCUT2D eigenvalue weighted by Crippen LogP contribution is 2.16. The van der Waals surface area contributed by atoms with Crippen LogP contribution in [-0.4, -0.2) is 23.9 Å². The maximum absolute atomic E-state index is 11.9. The molecular formula is C9H11F2N3O. The van der Waals surface area contributed by atoms with E-state index in [9.17, 15) is 8.78 Å². The van der Waals surface area contributed by atoms with Gasteiger partial charge in [0.1, 0.15) is 5.84 Å². The summed E-state index contributed by atoms with van der Waals surface area (Å²) in [7, 11) is 0. The number of ether oxygens (including phenoxy) is 1. The number of rotatable bonds is 4. The Labute approximate surface area is 85.6 Å². The van der Waals surface area contributed by atoms with Gasteiger partial charge in [-0.05, 0) is 19.1 Å². The fourth-order valence-electron chi connectivity index (χ4n) is 0.990. The second-order valence-electron chi connectivity index (χ2n) is 2.92. The topological polar surface area (TPSA) is 72.0 Å². The molecule has 0 aromatic carbocycles. The Hall–Kier alpha value is -1.72. The lowest BCUT2D eigenvalue weighted by atomic mass is 10.2. The molecule has 0 aliphatic carbocycles. The number of hydrogen-bond donors (Lipinski definition) is 2. The fraction of sp³-hybridized carbons (Fsp3) is 0.333. The molecule has 0 aliphatic rings. The lowest BCUT2D eigenvalue weighted by Crippen LogP contribution is -2.16. The first kappa shape index (κ1) is 11.4. The van der Waals surface area contributed by atoms with Crippen LogP contribution < -0.4 is 10.5 Å². The third-order valence-electron chi connectivity index (χ3n) is 1.64. The molecule has 1 heterocycles. The highest BCUT2D eigenvalue weighted by atomic mass is 19.3. The van der Waals surface area contributed by atoms with Crippen molar-refractivity contribution in [3.05, 3.63) is 23.4 Å². The molecule has 1 aromatic heterocycles. The molecule has 0 aliphatic heterocycles.